The van der Waals surface area contributed by atoms with Crippen LogP contribution in [0.4, 0.5) is 0 Å². The SMILES string of the molecule is O=C([O-])CC[NH2+][C@H]1C=CS(=O)(=O)C1. The highest BCUT2D eigenvalue weighted by atomic mass is 32.2. The van der Waals surface area contributed by atoms with Crippen LogP contribution >= 0.6 is 0 Å². The zero-order valence-corrected chi connectivity index (χ0v) is 7.79. The van der Waals surface area contributed by atoms with E-state index in [1.807, 2.05) is 0 Å². The molecule has 0 aromatic heterocycles. The van der Waals surface area contributed by atoms with Crippen molar-refractivity contribution in [1.82, 2.24) is 0 Å². The van der Waals surface area contributed by atoms with E-state index in [1.54, 1.807) is 11.4 Å². The van der Waals surface area contributed by atoms with E-state index in [-0.39, 0.29) is 18.2 Å². The molecule has 1 aliphatic rings. The van der Waals surface area contributed by atoms with Gasteiger partial charge >= 0.3 is 0 Å². The van der Waals surface area contributed by atoms with Gasteiger partial charge < -0.3 is 15.2 Å². The van der Waals surface area contributed by atoms with Gasteiger partial charge in [0, 0.05) is 17.8 Å². The summed E-state index contributed by atoms with van der Waals surface area (Å²) in [4.78, 5) is 10.0. The van der Waals surface area contributed by atoms with E-state index in [0.29, 0.717) is 6.54 Å². The Morgan fingerprint density at radius 3 is 2.77 bits per heavy atom. The third kappa shape index (κ3) is 3.56. The quantitative estimate of drug-likeness (QED) is 0.529. The maximum Gasteiger partial charge on any atom is 0.177 e. The van der Waals surface area contributed by atoms with Gasteiger partial charge in [-0.25, -0.2) is 8.42 Å². The lowest BCUT2D eigenvalue weighted by atomic mass is 10.3. The van der Waals surface area contributed by atoms with E-state index < -0.39 is 15.8 Å². The molecule has 0 bridgehead atoms. The van der Waals surface area contributed by atoms with E-state index in [1.165, 1.54) is 5.41 Å². The second kappa shape index (κ2) is 3.89. The van der Waals surface area contributed by atoms with Crippen molar-refractivity contribution in [2.24, 2.45) is 0 Å². The van der Waals surface area contributed by atoms with E-state index >= 15 is 0 Å². The predicted octanol–water partition coefficient (Wildman–Crippen LogP) is -3.00. The van der Waals surface area contributed by atoms with Crippen LogP contribution in [0.15, 0.2) is 11.5 Å². The minimum absolute atomic E-state index is 0.0512. The smallest absolute Gasteiger partial charge is 0.177 e. The topological polar surface area (TPSA) is 90.9 Å². The van der Waals surface area contributed by atoms with Gasteiger partial charge in [0.25, 0.3) is 0 Å². The Hall–Kier alpha value is -0.880. The van der Waals surface area contributed by atoms with Crippen LogP contribution in [0.25, 0.3) is 0 Å². The second-order valence-corrected chi connectivity index (χ2v) is 4.90. The number of carbonyl (C=O) groups is 1. The van der Waals surface area contributed by atoms with Gasteiger partial charge in [0.05, 0.1) is 6.54 Å². The maximum atomic E-state index is 10.9. The second-order valence-electron chi connectivity index (χ2n) is 2.97. The van der Waals surface area contributed by atoms with Crippen molar-refractivity contribution in [3.63, 3.8) is 0 Å². The Kier molecular flexibility index (Phi) is 3.05. The molecule has 74 valence electrons. The predicted molar refractivity (Wildman–Crippen MR) is 43.1 cm³/mol. The minimum atomic E-state index is -3.02. The van der Waals surface area contributed by atoms with Crippen LogP contribution in [0, 0.1) is 0 Å². The lowest BCUT2D eigenvalue weighted by molar-refractivity contribution is -0.674. The molecule has 0 radical (unpaired) electrons. The van der Waals surface area contributed by atoms with Crippen molar-refractivity contribution in [3.05, 3.63) is 11.5 Å². The molecule has 0 aromatic carbocycles. The standard InChI is InChI=1S/C7H11NO4S/c9-7(10)1-3-8-6-2-4-13(11,12)5-6/h2,4,6,8H,1,3,5H2,(H,9,10)/t6-/m0/s1. The first-order valence-electron chi connectivity index (χ1n) is 3.94. The van der Waals surface area contributed by atoms with Crippen LogP contribution in [0.2, 0.25) is 0 Å². The van der Waals surface area contributed by atoms with Crippen molar-refractivity contribution in [1.29, 1.82) is 0 Å². The summed E-state index contributed by atoms with van der Waals surface area (Å²) in [5.41, 5.74) is 0. The summed E-state index contributed by atoms with van der Waals surface area (Å²) in [6.07, 6.45) is 1.52. The molecule has 13 heavy (non-hydrogen) atoms. The number of carboxylic acid groups (broad SMARTS) is 1. The monoisotopic (exact) mass is 205 g/mol. The van der Waals surface area contributed by atoms with Crippen LogP contribution in [0.3, 0.4) is 0 Å². The molecule has 5 nitrogen and oxygen atoms in total. The third-order valence-electron chi connectivity index (χ3n) is 1.78. The zero-order chi connectivity index (χ0) is 9.90. The Morgan fingerprint density at radius 2 is 2.31 bits per heavy atom. The van der Waals surface area contributed by atoms with Gasteiger partial charge in [0.1, 0.15) is 11.8 Å². The van der Waals surface area contributed by atoms with Gasteiger partial charge in [0.15, 0.2) is 9.84 Å². The van der Waals surface area contributed by atoms with Gasteiger partial charge in [-0.3, -0.25) is 0 Å². The van der Waals surface area contributed by atoms with Crippen molar-refractivity contribution in [2.75, 3.05) is 12.3 Å². The molecule has 6 heteroatoms. The van der Waals surface area contributed by atoms with Gasteiger partial charge in [0.2, 0.25) is 0 Å². The number of sulfone groups is 1. The number of hydrogen-bond acceptors (Lipinski definition) is 4. The molecule has 1 rings (SSSR count). The Labute approximate surface area is 76.4 Å². The van der Waals surface area contributed by atoms with Crippen molar-refractivity contribution >= 4 is 15.8 Å². The van der Waals surface area contributed by atoms with Crippen molar-refractivity contribution in [2.45, 2.75) is 12.5 Å². The Bertz CT molecular complexity index is 319. The molecular formula is C7H11NO4S. The highest BCUT2D eigenvalue weighted by molar-refractivity contribution is 7.94. The minimum Gasteiger partial charge on any atom is -0.550 e. The third-order valence-corrected chi connectivity index (χ3v) is 3.20. The van der Waals surface area contributed by atoms with Crippen LogP contribution in [0.5, 0.6) is 0 Å². The van der Waals surface area contributed by atoms with Gasteiger partial charge in [-0.05, 0) is 6.08 Å². The summed E-state index contributed by atoms with van der Waals surface area (Å²) in [7, 11) is -3.02. The lowest BCUT2D eigenvalue weighted by Crippen LogP contribution is -2.90. The molecular weight excluding hydrogens is 194 g/mol. The summed E-state index contributed by atoms with van der Waals surface area (Å²) in [5, 5.41) is 12.9. The summed E-state index contributed by atoms with van der Waals surface area (Å²) >= 11 is 0. The molecule has 0 spiro atoms. The number of rotatable bonds is 4. The Balaban J connectivity index is 2.27. The van der Waals surface area contributed by atoms with Gasteiger partial charge in [-0.1, -0.05) is 0 Å². The molecule has 1 aliphatic heterocycles. The molecule has 1 atom stereocenters. The van der Waals surface area contributed by atoms with E-state index in [2.05, 4.69) is 0 Å². The first-order chi connectivity index (χ1) is 5.99. The fourth-order valence-electron chi connectivity index (χ4n) is 1.16. The molecule has 0 amide bonds. The average Bonchev–Trinajstić information content (AvgIpc) is 2.29. The van der Waals surface area contributed by atoms with Crippen LogP contribution in [-0.2, 0) is 14.6 Å². The van der Waals surface area contributed by atoms with Crippen LogP contribution in [-0.4, -0.2) is 32.7 Å². The first kappa shape index (κ1) is 10.2. The number of hydrogen-bond donors (Lipinski definition) is 1. The molecule has 0 aromatic rings. The Morgan fingerprint density at radius 1 is 1.62 bits per heavy atom. The van der Waals surface area contributed by atoms with Crippen LogP contribution < -0.4 is 10.4 Å². The van der Waals surface area contributed by atoms with Crippen molar-refractivity contribution in [3.8, 4) is 0 Å². The molecule has 0 saturated carbocycles. The molecule has 1 heterocycles. The lowest BCUT2D eigenvalue weighted by Gasteiger charge is -2.06. The highest BCUT2D eigenvalue weighted by Crippen LogP contribution is 2.03. The number of carbonyl (C=O) groups excluding carboxylic acids is 1. The number of nitrogens with two attached hydrogens (primary N) is 1. The summed E-state index contributed by atoms with van der Waals surface area (Å²) in [5.74, 6) is -1.04. The molecule has 0 unspecified atom stereocenters. The molecule has 2 N–H and O–H groups in total. The summed E-state index contributed by atoms with van der Waals surface area (Å²) < 4.78 is 21.8. The highest BCUT2D eigenvalue weighted by Gasteiger charge is 2.23. The zero-order valence-electron chi connectivity index (χ0n) is 6.97. The number of quaternary nitrogens is 1. The van der Waals surface area contributed by atoms with E-state index in [9.17, 15) is 18.3 Å². The fourth-order valence-corrected chi connectivity index (χ4v) is 2.50. The van der Waals surface area contributed by atoms with E-state index in [0.717, 1.165) is 0 Å². The fraction of sp³-hybridized carbons (Fsp3) is 0.571. The maximum absolute atomic E-state index is 10.9. The molecule has 0 aliphatic carbocycles. The number of carboxylic acids is 1. The average molecular weight is 205 g/mol. The molecule has 0 fully saturated rings. The summed E-state index contributed by atoms with van der Waals surface area (Å²) in [6, 6.07) is -0.135. The van der Waals surface area contributed by atoms with Crippen molar-refractivity contribution < 1.29 is 23.6 Å². The number of aliphatic carboxylic acids is 1. The first-order valence-corrected chi connectivity index (χ1v) is 5.65. The summed E-state index contributed by atoms with van der Waals surface area (Å²) in [6.45, 7) is 0.354. The van der Waals surface area contributed by atoms with E-state index in [4.69, 9.17) is 0 Å². The van der Waals surface area contributed by atoms with Crippen LogP contribution in [0.1, 0.15) is 6.42 Å². The van der Waals surface area contributed by atoms with Gasteiger partial charge in [-0.15, -0.1) is 0 Å². The molecule has 0 saturated heterocycles. The normalized spacial score (nSPS) is 24.8. The van der Waals surface area contributed by atoms with Gasteiger partial charge in [-0.2, -0.15) is 0 Å². The largest absolute Gasteiger partial charge is 0.550 e.